The number of carbonyl (C=O) groups is 1. The molecule has 1 amide bonds. The molecule has 0 saturated heterocycles. The van der Waals surface area contributed by atoms with E-state index in [2.05, 4.69) is 15.4 Å². The maximum Gasteiger partial charge on any atom is 0.411 e. The van der Waals surface area contributed by atoms with Gasteiger partial charge in [0.1, 0.15) is 0 Å². The lowest BCUT2D eigenvalue weighted by atomic mass is 10.2. The van der Waals surface area contributed by atoms with Crippen molar-refractivity contribution >= 4 is 40.7 Å². The summed E-state index contributed by atoms with van der Waals surface area (Å²) >= 11 is 12.0. The van der Waals surface area contributed by atoms with Gasteiger partial charge in [0.05, 0.1) is 7.11 Å². The number of carbonyl (C=O) groups excluding carboxylic acids is 1. The Kier molecular flexibility index (Phi) is 5.31. The van der Waals surface area contributed by atoms with E-state index in [9.17, 15) is 4.79 Å². The number of methoxy groups -OCH3 is 1. The Morgan fingerprint density at radius 2 is 1.90 bits per heavy atom. The molecule has 0 heterocycles. The topological polar surface area (TPSA) is 50.4 Å². The molecule has 0 aliphatic heterocycles. The molecule has 0 fully saturated rings. The first kappa shape index (κ1) is 15.5. The fourth-order valence-electron chi connectivity index (χ4n) is 1.74. The third-order valence-corrected chi connectivity index (χ3v) is 3.38. The SMILES string of the molecule is COC(=O)Nc1cccc(NCc2ccc(Cl)cc2Cl)c1. The van der Waals surface area contributed by atoms with Gasteiger partial charge >= 0.3 is 6.09 Å². The summed E-state index contributed by atoms with van der Waals surface area (Å²) in [5.41, 5.74) is 2.44. The van der Waals surface area contributed by atoms with Gasteiger partial charge in [-0.05, 0) is 35.9 Å². The van der Waals surface area contributed by atoms with Gasteiger partial charge in [-0.15, -0.1) is 0 Å². The molecule has 2 rings (SSSR count). The molecule has 0 aliphatic carbocycles. The largest absolute Gasteiger partial charge is 0.453 e. The van der Waals surface area contributed by atoms with Crippen molar-refractivity contribution in [2.24, 2.45) is 0 Å². The van der Waals surface area contributed by atoms with E-state index in [-0.39, 0.29) is 0 Å². The normalized spacial score (nSPS) is 10.0. The molecule has 0 aliphatic rings. The van der Waals surface area contributed by atoms with Crippen LogP contribution >= 0.6 is 23.2 Å². The molecule has 110 valence electrons. The Hall–Kier alpha value is -1.91. The summed E-state index contributed by atoms with van der Waals surface area (Å²) in [7, 11) is 1.32. The van der Waals surface area contributed by atoms with Crippen LogP contribution in [0.4, 0.5) is 16.2 Å². The summed E-state index contributed by atoms with van der Waals surface area (Å²) in [6, 6.07) is 12.7. The van der Waals surface area contributed by atoms with Crippen molar-refractivity contribution in [1.82, 2.24) is 0 Å². The first-order chi connectivity index (χ1) is 10.1. The molecule has 2 aromatic rings. The fraction of sp³-hybridized carbons (Fsp3) is 0.133. The molecule has 0 unspecified atom stereocenters. The highest BCUT2D eigenvalue weighted by Gasteiger charge is 2.03. The lowest BCUT2D eigenvalue weighted by Gasteiger charge is -2.10. The minimum absolute atomic E-state index is 0.507. The van der Waals surface area contributed by atoms with Gasteiger partial charge in [-0.25, -0.2) is 4.79 Å². The van der Waals surface area contributed by atoms with Crippen molar-refractivity contribution in [1.29, 1.82) is 0 Å². The van der Waals surface area contributed by atoms with Crippen LogP contribution in [0, 0.1) is 0 Å². The van der Waals surface area contributed by atoms with Crippen molar-refractivity contribution in [2.75, 3.05) is 17.7 Å². The number of ether oxygens (including phenoxy) is 1. The molecule has 0 bridgehead atoms. The highest BCUT2D eigenvalue weighted by atomic mass is 35.5. The van der Waals surface area contributed by atoms with Crippen molar-refractivity contribution < 1.29 is 9.53 Å². The summed E-state index contributed by atoms with van der Waals surface area (Å²) in [4.78, 5) is 11.2. The van der Waals surface area contributed by atoms with Gasteiger partial charge < -0.3 is 10.1 Å². The zero-order valence-corrected chi connectivity index (χ0v) is 12.8. The molecule has 0 saturated carbocycles. The second-order valence-electron chi connectivity index (χ2n) is 4.29. The summed E-state index contributed by atoms with van der Waals surface area (Å²) < 4.78 is 4.55. The van der Waals surface area contributed by atoms with E-state index in [0.717, 1.165) is 11.3 Å². The Labute approximate surface area is 133 Å². The number of halogens is 2. The molecule has 0 atom stereocenters. The first-order valence-electron chi connectivity index (χ1n) is 6.21. The van der Waals surface area contributed by atoms with Gasteiger partial charge in [0.25, 0.3) is 0 Å². The van der Waals surface area contributed by atoms with Crippen molar-refractivity contribution in [2.45, 2.75) is 6.54 Å². The average Bonchev–Trinajstić information content (AvgIpc) is 2.46. The molecule has 0 aromatic heterocycles. The van der Waals surface area contributed by atoms with Gasteiger partial charge in [-0.1, -0.05) is 35.3 Å². The van der Waals surface area contributed by atoms with Crippen LogP contribution in [-0.2, 0) is 11.3 Å². The van der Waals surface area contributed by atoms with Gasteiger partial charge in [0, 0.05) is 28.0 Å². The van der Waals surface area contributed by atoms with E-state index >= 15 is 0 Å². The summed E-state index contributed by atoms with van der Waals surface area (Å²) in [6.07, 6.45) is -0.507. The minimum atomic E-state index is -0.507. The second-order valence-corrected chi connectivity index (χ2v) is 5.13. The molecule has 2 N–H and O–H groups in total. The standard InChI is InChI=1S/C15H14Cl2N2O2/c1-21-15(20)19-13-4-2-3-12(8-13)18-9-10-5-6-11(16)7-14(10)17/h2-8,18H,9H2,1H3,(H,19,20). The molecule has 0 spiro atoms. The van der Waals surface area contributed by atoms with Crippen LogP contribution in [0.3, 0.4) is 0 Å². The van der Waals surface area contributed by atoms with Crippen LogP contribution in [0.25, 0.3) is 0 Å². The third-order valence-electron chi connectivity index (χ3n) is 2.79. The van der Waals surface area contributed by atoms with E-state index < -0.39 is 6.09 Å². The zero-order chi connectivity index (χ0) is 15.2. The molecular formula is C15H14Cl2N2O2. The lowest BCUT2D eigenvalue weighted by molar-refractivity contribution is 0.187. The minimum Gasteiger partial charge on any atom is -0.453 e. The fourth-order valence-corrected chi connectivity index (χ4v) is 2.21. The van der Waals surface area contributed by atoms with E-state index in [4.69, 9.17) is 23.2 Å². The Morgan fingerprint density at radius 1 is 1.14 bits per heavy atom. The number of benzene rings is 2. The monoisotopic (exact) mass is 324 g/mol. The van der Waals surface area contributed by atoms with Crippen LogP contribution < -0.4 is 10.6 Å². The van der Waals surface area contributed by atoms with Crippen molar-refractivity contribution in [3.63, 3.8) is 0 Å². The van der Waals surface area contributed by atoms with E-state index in [0.29, 0.717) is 22.3 Å². The Bertz CT molecular complexity index is 647. The van der Waals surface area contributed by atoms with E-state index in [1.807, 2.05) is 18.2 Å². The molecule has 2 aromatic carbocycles. The van der Waals surface area contributed by atoms with Gasteiger partial charge in [-0.2, -0.15) is 0 Å². The van der Waals surface area contributed by atoms with Gasteiger partial charge in [0.15, 0.2) is 0 Å². The third kappa shape index (κ3) is 4.55. The van der Waals surface area contributed by atoms with Crippen LogP contribution in [0.5, 0.6) is 0 Å². The zero-order valence-electron chi connectivity index (χ0n) is 11.3. The first-order valence-corrected chi connectivity index (χ1v) is 6.97. The number of nitrogens with one attached hydrogen (secondary N) is 2. The molecule has 4 nitrogen and oxygen atoms in total. The predicted octanol–water partition coefficient (Wildman–Crippen LogP) is 4.78. The van der Waals surface area contributed by atoms with Gasteiger partial charge in [0.2, 0.25) is 0 Å². The Morgan fingerprint density at radius 3 is 2.62 bits per heavy atom. The number of anilines is 2. The van der Waals surface area contributed by atoms with Gasteiger partial charge in [-0.3, -0.25) is 5.32 Å². The number of amides is 1. The smallest absolute Gasteiger partial charge is 0.411 e. The Balaban J connectivity index is 2.03. The molecule has 6 heteroatoms. The van der Waals surface area contributed by atoms with Crippen molar-refractivity contribution in [3.8, 4) is 0 Å². The summed E-state index contributed by atoms with van der Waals surface area (Å²) in [6.45, 7) is 0.553. The van der Waals surface area contributed by atoms with Crippen LogP contribution in [0.2, 0.25) is 10.0 Å². The molecule has 21 heavy (non-hydrogen) atoms. The van der Waals surface area contributed by atoms with E-state index in [1.54, 1.807) is 24.3 Å². The van der Waals surface area contributed by atoms with Crippen LogP contribution in [-0.4, -0.2) is 13.2 Å². The number of hydrogen-bond donors (Lipinski definition) is 2. The lowest BCUT2D eigenvalue weighted by Crippen LogP contribution is -2.11. The van der Waals surface area contributed by atoms with Crippen molar-refractivity contribution in [3.05, 3.63) is 58.1 Å². The second kappa shape index (κ2) is 7.20. The average molecular weight is 325 g/mol. The maximum atomic E-state index is 11.2. The molecule has 0 radical (unpaired) electrons. The quantitative estimate of drug-likeness (QED) is 0.850. The predicted molar refractivity (Wildman–Crippen MR) is 86.3 cm³/mol. The van der Waals surface area contributed by atoms with Crippen LogP contribution in [0.1, 0.15) is 5.56 Å². The molecular weight excluding hydrogens is 311 g/mol. The maximum absolute atomic E-state index is 11.2. The highest BCUT2D eigenvalue weighted by molar-refractivity contribution is 6.35. The summed E-state index contributed by atoms with van der Waals surface area (Å²) in [5.74, 6) is 0. The number of rotatable bonds is 4. The van der Waals surface area contributed by atoms with Crippen LogP contribution in [0.15, 0.2) is 42.5 Å². The number of hydrogen-bond acceptors (Lipinski definition) is 3. The van der Waals surface area contributed by atoms with E-state index in [1.165, 1.54) is 7.11 Å². The summed E-state index contributed by atoms with van der Waals surface area (Å²) in [5, 5.41) is 7.05. The highest BCUT2D eigenvalue weighted by Crippen LogP contribution is 2.22.